The zero-order valence-electron chi connectivity index (χ0n) is 13.7. The summed E-state index contributed by atoms with van der Waals surface area (Å²) < 4.78 is 5.50. The van der Waals surface area contributed by atoms with Crippen molar-refractivity contribution in [2.24, 2.45) is 0 Å². The Balaban J connectivity index is 1.63. The third-order valence-electron chi connectivity index (χ3n) is 3.64. The van der Waals surface area contributed by atoms with Crippen LogP contribution in [0.15, 0.2) is 65.1 Å². The van der Waals surface area contributed by atoms with Crippen LogP contribution in [0.4, 0.5) is 0 Å². The van der Waals surface area contributed by atoms with E-state index in [0.717, 1.165) is 16.4 Å². The number of amides is 1. The molecule has 3 aromatic rings. The lowest BCUT2D eigenvalue weighted by Crippen LogP contribution is -2.23. The molecule has 122 valence electrons. The monoisotopic (exact) mass is 337 g/mol. The molecule has 0 unspecified atom stereocenters. The SMILES string of the molecule is Cc1ccc(CN(C)C(=O)/C=C/c2ccc(-c3ccccc3)s2)o1. The molecule has 0 aliphatic carbocycles. The van der Waals surface area contributed by atoms with Gasteiger partial charge in [-0.05, 0) is 42.8 Å². The van der Waals surface area contributed by atoms with Crippen molar-refractivity contribution >= 4 is 23.3 Å². The summed E-state index contributed by atoms with van der Waals surface area (Å²) in [5, 5.41) is 0. The van der Waals surface area contributed by atoms with E-state index in [1.54, 1.807) is 29.4 Å². The second kappa shape index (κ2) is 7.32. The van der Waals surface area contributed by atoms with Crippen LogP contribution in [-0.2, 0) is 11.3 Å². The molecule has 2 heterocycles. The number of rotatable bonds is 5. The molecule has 0 atom stereocenters. The third-order valence-corrected chi connectivity index (χ3v) is 4.74. The maximum Gasteiger partial charge on any atom is 0.246 e. The van der Waals surface area contributed by atoms with Crippen LogP contribution in [0.25, 0.3) is 16.5 Å². The number of furan rings is 1. The summed E-state index contributed by atoms with van der Waals surface area (Å²) in [4.78, 5) is 16.1. The van der Waals surface area contributed by atoms with Crippen LogP contribution in [0.3, 0.4) is 0 Å². The van der Waals surface area contributed by atoms with E-state index in [1.807, 2.05) is 49.4 Å². The first-order chi connectivity index (χ1) is 11.6. The predicted molar refractivity (Wildman–Crippen MR) is 98.7 cm³/mol. The van der Waals surface area contributed by atoms with Gasteiger partial charge < -0.3 is 9.32 Å². The minimum atomic E-state index is -0.0429. The lowest BCUT2D eigenvalue weighted by atomic mass is 10.2. The number of carbonyl (C=O) groups excluding carboxylic acids is 1. The Morgan fingerprint density at radius 2 is 1.92 bits per heavy atom. The van der Waals surface area contributed by atoms with E-state index in [-0.39, 0.29) is 5.91 Å². The van der Waals surface area contributed by atoms with Gasteiger partial charge in [-0.15, -0.1) is 11.3 Å². The Kier molecular flexibility index (Phi) is 4.96. The van der Waals surface area contributed by atoms with Crippen LogP contribution in [0.1, 0.15) is 16.4 Å². The van der Waals surface area contributed by atoms with E-state index in [1.165, 1.54) is 10.4 Å². The molecular weight excluding hydrogens is 318 g/mol. The number of likely N-dealkylation sites (N-methyl/N-ethyl adjacent to an activating group) is 1. The molecule has 0 radical (unpaired) electrons. The van der Waals surface area contributed by atoms with Crippen LogP contribution in [0.5, 0.6) is 0 Å². The van der Waals surface area contributed by atoms with Crippen LogP contribution in [0.2, 0.25) is 0 Å². The normalized spacial score (nSPS) is 11.1. The molecule has 1 aromatic carbocycles. The molecule has 3 nitrogen and oxygen atoms in total. The van der Waals surface area contributed by atoms with E-state index in [9.17, 15) is 4.79 Å². The topological polar surface area (TPSA) is 33.5 Å². The molecule has 0 saturated heterocycles. The Morgan fingerprint density at radius 1 is 1.12 bits per heavy atom. The summed E-state index contributed by atoms with van der Waals surface area (Å²) >= 11 is 1.67. The Hall–Kier alpha value is -2.59. The molecule has 1 amide bonds. The summed E-state index contributed by atoms with van der Waals surface area (Å²) in [6.07, 6.45) is 3.47. The molecule has 0 saturated carbocycles. The van der Waals surface area contributed by atoms with E-state index in [4.69, 9.17) is 4.42 Å². The Labute approximate surface area is 145 Å². The van der Waals surface area contributed by atoms with Gasteiger partial charge in [0.05, 0.1) is 6.54 Å². The van der Waals surface area contributed by atoms with Gasteiger partial charge in [-0.2, -0.15) is 0 Å². The quantitative estimate of drug-likeness (QED) is 0.615. The molecule has 24 heavy (non-hydrogen) atoms. The number of aryl methyl sites for hydroxylation is 1. The van der Waals surface area contributed by atoms with Crippen molar-refractivity contribution in [3.05, 3.63) is 77.1 Å². The van der Waals surface area contributed by atoms with Gasteiger partial charge in [0.1, 0.15) is 11.5 Å². The highest BCUT2D eigenvalue weighted by Crippen LogP contribution is 2.28. The molecule has 2 aromatic heterocycles. The first-order valence-corrected chi connectivity index (χ1v) is 8.57. The second-order valence-corrected chi connectivity index (χ2v) is 6.72. The third kappa shape index (κ3) is 4.03. The zero-order chi connectivity index (χ0) is 16.9. The van der Waals surface area contributed by atoms with Crippen LogP contribution < -0.4 is 0 Å². The number of hydrogen-bond acceptors (Lipinski definition) is 3. The fourth-order valence-electron chi connectivity index (χ4n) is 2.36. The van der Waals surface area contributed by atoms with Gasteiger partial charge in [-0.25, -0.2) is 0 Å². The highest BCUT2D eigenvalue weighted by molar-refractivity contribution is 7.16. The van der Waals surface area contributed by atoms with Crippen molar-refractivity contribution in [3.8, 4) is 10.4 Å². The summed E-state index contributed by atoms with van der Waals surface area (Å²) in [7, 11) is 1.77. The zero-order valence-corrected chi connectivity index (χ0v) is 14.5. The molecule has 0 aliphatic heterocycles. The average molecular weight is 337 g/mol. The van der Waals surface area contributed by atoms with Gasteiger partial charge in [0.15, 0.2) is 0 Å². The van der Waals surface area contributed by atoms with Gasteiger partial charge in [-0.1, -0.05) is 30.3 Å². The first kappa shape index (κ1) is 16.3. The van der Waals surface area contributed by atoms with Crippen molar-refractivity contribution in [3.63, 3.8) is 0 Å². The fourth-order valence-corrected chi connectivity index (χ4v) is 3.28. The summed E-state index contributed by atoms with van der Waals surface area (Å²) in [5.41, 5.74) is 1.19. The minimum absolute atomic E-state index is 0.0429. The van der Waals surface area contributed by atoms with E-state index >= 15 is 0 Å². The van der Waals surface area contributed by atoms with Gasteiger partial charge in [-0.3, -0.25) is 4.79 Å². The van der Waals surface area contributed by atoms with E-state index in [2.05, 4.69) is 18.2 Å². The molecule has 4 heteroatoms. The molecule has 0 fully saturated rings. The molecule has 0 spiro atoms. The van der Waals surface area contributed by atoms with Crippen LogP contribution in [0, 0.1) is 6.92 Å². The fraction of sp³-hybridized carbons (Fsp3) is 0.150. The van der Waals surface area contributed by atoms with Crippen molar-refractivity contribution in [2.45, 2.75) is 13.5 Å². The van der Waals surface area contributed by atoms with Gasteiger partial charge >= 0.3 is 0 Å². The Morgan fingerprint density at radius 3 is 2.62 bits per heavy atom. The standard InChI is InChI=1S/C20H19NO2S/c1-15-8-9-17(23-15)14-21(2)20(22)13-11-18-10-12-19(24-18)16-6-4-3-5-7-16/h3-13H,14H2,1-2H3/b13-11+. The number of nitrogens with zero attached hydrogens (tertiary/aromatic N) is 1. The summed E-state index contributed by atoms with van der Waals surface area (Å²) in [5.74, 6) is 1.60. The number of hydrogen-bond donors (Lipinski definition) is 0. The van der Waals surface area contributed by atoms with Crippen molar-refractivity contribution in [1.82, 2.24) is 4.90 Å². The van der Waals surface area contributed by atoms with Crippen LogP contribution in [-0.4, -0.2) is 17.9 Å². The number of thiophene rings is 1. The van der Waals surface area contributed by atoms with E-state index < -0.39 is 0 Å². The minimum Gasteiger partial charge on any atom is -0.464 e. The lowest BCUT2D eigenvalue weighted by molar-refractivity contribution is -0.125. The lowest BCUT2D eigenvalue weighted by Gasteiger charge is -2.12. The summed E-state index contributed by atoms with van der Waals surface area (Å²) in [6, 6.07) is 18.2. The van der Waals surface area contributed by atoms with Gasteiger partial charge in [0.2, 0.25) is 5.91 Å². The smallest absolute Gasteiger partial charge is 0.246 e. The van der Waals surface area contributed by atoms with Crippen molar-refractivity contribution in [1.29, 1.82) is 0 Å². The number of benzene rings is 1. The largest absolute Gasteiger partial charge is 0.464 e. The highest BCUT2D eigenvalue weighted by atomic mass is 32.1. The van der Waals surface area contributed by atoms with Crippen molar-refractivity contribution in [2.75, 3.05) is 7.05 Å². The number of carbonyl (C=O) groups is 1. The maximum atomic E-state index is 12.2. The molecule has 3 rings (SSSR count). The molecule has 0 aliphatic rings. The molecule has 0 N–H and O–H groups in total. The maximum absolute atomic E-state index is 12.2. The summed E-state index contributed by atoms with van der Waals surface area (Å²) in [6.45, 7) is 2.36. The van der Waals surface area contributed by atoms with E-state index in [0.29, 0.717) is 6.54 Å². The highest BCUT2D eigenvalue weighted by Gasteiger charge is 2.08. The first-order valence-electron chi connectivity index (χ1n) is 7.75. The van der Waals surface area contributed by atoms with Crippen molar-refractivity contribution < 1.29 is 9.21 Å². The van der Waals surface area contributed by atoms with Gasteiger partial charge in [0.25, 0.3) is 0 Å². The van der Waals surface area contributed by atoms with Gasteiger partial charge in [0, 0.05) is 22.9 Å². The Bertz CT molecular complexity index is 845. The molecule has 0 bridgehead atoms. The molecular formula is C20H19NO2S. The second-order valence-electron chi connectivity index (χ2n) is 5.61. The average Bonchev–Trinajstić information content (AvgIpc) is 3.22. The predicted octanol–water partition coefficient (Wildman–Crippen LogP) is 4.99. The van der Waals surface area contributed by atoms with Crippen LogP contribution >= 0.6 is 11.3 Å².